The van der Waals surface area contributed by atoms with E-state index in [1.807, 2.05) is 6.07 Å². The van der Waals surface area contributed by atoms with E-state index in [1.54, 1.807) is 0 Å². The van der Waals surface area contributed by atoms with Crippen LogP contribution in [0.4, 0.5) is 0 Å². The maximum atomic E-state index is 6.58. The Bertz CT molecular complexity index is 436. The number of rotatable bonds is 1. The average Bonchev–Trinajstić information content (AvgIpc) is 2.42. The van der Waals surface area contributed by atoms with Gasteiger partial charge in [0.1, 0.15) is 13.2 Å². The Labute approximate surface area is 108 Å². The molecule has 98 valence electrons. The molecule has 3 nitrogen and oxygen atoms in total. The fourth-order valence-electron chi connectivity index (χ4n) is 2.92. The zero-order chi connectivity index (χ0) is 12.6. The molecule has 1 aromatic carbocycles. The summed E-state index contributed by atoms with van der Waals surface area (Å²) in [6.07, 6.45) is 4.55. The second-order valence-corrected chi connectivity index (χ2v) is 5.70. The second kappa shape index (κ2) is 4.47. The van der Waals surface area contributed by atoms with Gasteiger partial charge in [-0.05, 0) is 49.3 Å². The van der Waals surface area contributed by atoms with E-state index < -0.39 is 0 Å². The van der Waals surface area contributed by atoms with Crippen LogP contribution in [-0.2, 0) is 5.54 Å². The smallest absolute Gasteiger partial charge is 0.161 e. The topological polar surface area (TPSA) is 44.5 Å². The minimum atomic E-state index is -0.178. The molecule has 0 atom stereocenters. The Hall–Kier alpha value is -1.22. The Morgan fingerprint density at radius 2 is 1.78 bits per heavy atom. The largest absolute Gasteiger partial charge is 0.486 e. The van der Waals surface area contributed by atoms with Gasteiger partial charge in [0.05, 0.1) is 0 Å². The van der Waals surface area contributed by atoms with Gasteiger partial charge < -0.3 is 15.2 Å². The number of hydrogen-bond donors (Lipinski definition) is 1. The lowest BCUT2D eigenvalue weighted by molar-refractivity contribution is 0.170. The molecule has 0 bridgehead atoms. The van der Waals surface area contributed by atoms with Crippen molar-refractivity contribution in [2.75, 3.05) is 13.2 Å². The van der Waals surface area contributed by atoms with Gasteiger partial charge in [0.25, 0.3) is 0 Å². The van der Waals surface area contributed by atoms with Crippen LogP contribution < -0.4 is 15.2 Å². The molecule has 1 fully saturated rings. The molecule has 18 heavy (non-hydrogen) atoms. The van der Waals surface area contributed by atoms with Gasteiger partial charge in [0, 0.05) is 5.54 Å². The molecule has 0 spiro atoms. The van der Waals surface area contributed by atoms with Crippen LogP contribution in [-0.4, -0.2) is 13.2 Å². The van der Waals surface area contributed by atoms with Gasteiger partial charge >= 0.3 is 0 Å². The van der Waals surface area contributed by atoms with E-state index in [-0.39, 0.29) is 5.54 Å². The highest BCUT2D eigenvalue weighted by atomic mass is 16.6. The van der Waals surface area contributed by atoms with Crippen LogP contribution in [0.25, 0.3) is 0 Å². The van der Waals surface area contributed by atoms with E-state index in [1.165, 1.54) is 18.4 Å². The van der Waals surface area contributed by atoms with Crippen LogP contribution in [0.1, 0.15) is 38.2 Å². The maximum absolute atomic E-state index is 6.58. The molecule has 0 aromatic heterocycles. The highest BCUT2D eigenvalue weighted by Gasteiger charge is 2.32. The van der Waals surface area contributed by atoms with Crippen molar-refractivity contribution in [3.8, 4) is 11.5 Å². The molecule has 0 amide bonds. The molecule has 2 aliphatic rings. The predicted molar refractivity (Wildman–Crippen MR) is 70.9 cm³/mol. The molecule has 2 N–H and O–H groups in total. The summed E-state index contributed by atoms with van der Waals surface area (Å²) >= 11 is 0. The van der Waals surface area contributed by atoms with E-state index in [0.29, 0.717) is 13.2 Å². The third-order valence-corrected chi connectivity index (χ3v) is 4.28. The molecule has 1 saturated carbocycles. The molecule has 1 aliphatic heterocycles. The van der Waals surface area contributed by atoms with Gasteiger partial charge in [-0.15, -0.1) is 0 Å². The van der Waals surface area contributed by atoms with Crippen molar-refractivity contribution in [3.63, 3.8) is 0 Å². The summed E-state index contributed by atoms with van der Waals surface area (Å²) in [6, 6.07) is 6.17. The monoisotopic (exact) mass is 247 g/mol. The summed E-state index contributed by atoms with van der Waals surface area (Å²) in [4.78, 5) is 0. The Morgan fingerprint density at radius 1 is 1.11 bits per heavy atom. The molecular formula is C15H21NO2. The van der Waals surface area contributed by atoms with Crippen LogP contribution >= 0.6 is 0 Å². The molecule has 0 saturated heterocycles. The lowest BCUT2D eigenvalue weighted by Gasteiger charge is -2.37. The van der Waals surface area contributed by atoms with Gasteiger partial charge in [-0.3, -0.25) is 0 Å². The third kappa shape index (κ3) is 2.07. The first kappa shape index (κ1) is 11.8. The number of nitrogens with two attached hydrogens (primary N) is 1. The molecule has 0 unspecified atom stereocenters. The van der Waals surface area contributed by atoms with Gasteiger partial charge in [-0.25, -0.2) is 0 Å². The van der Waals surface area contributed by atoms with Crippen LogP contribution in [0.15, 0.2) is 18.2 Å². The van der Waals surface area contributed by atoms with Crippen molar-refractivity contribution in [3.05, 3.63) is 23.8 Å². The maximum Gasteiger partial charge on any atom is 0.161 e. The molecule has 0 radical (unpaired) electrons. The number of ether oxygens (including phenoxy) is 2. The standard InChI is InChI=1S/C15H21NO2/c1-11-4-6-15(16,7-5-11)12-2-3-13-14(10-12)18-9-8-17-13/h2-3,10-11H,4-9,16H2,1H3. The summed E-state index contributed by atoms with van der Waals surface area (Å²) in [5, 5.41) is 0. The van der Waals surface area contributed by atoms with Crippen molar-refractivity contribution < 1.29 is 9.47 Å². The molecule has 1 aromatic rings. The highest BCUT2D eigenvalue weighted by molar-refractivity contribution is 5.45. The molecule has 1 aliphatic carbocycles. The summed E-state index contributed by atoms with van der Waals surface area (Å²) in [7, 11) is 0. The summed E-state index contributed by atoms with van der Waals surface area (Å²) in [6.45, 7) is 3.58. The fourth-order valence-corrected chi connectivity index (χ4v) is 2.92. The van der Waals surface area contributed by atoms with Gasteiger partial charge in [0.15, 0.2) is 11.5 Å². The van der Waals surface area contributed by atoms with Gasteiger partial charge in [0.2, 0.25) is 0 Å². The van der Waals surface area contributed by atoms with Crippen molar-refractivity contribution in [2.45, 2.75) is 38.1 Å². The predicted octanol–water partition coefficient (Wildman–Crippen LogP) is 2.82. The van der Waals surface area contributed by atoms with Crippen molar-refractivity contribution in [1.82, 2.24) is 0 Å². The summed E-state index contributed by atoms with van der Waals surface area (Å²) in [5.41, 5.74) is 7.59. The van der Waals surface area contributed by atoms with Gasteiger partial charge in [-0.1, -0.05) is 13.0 Å². The van der Waals surface area contributed by atoms with E-state index in [0.717, 1.165) is 30.3 Å². The van der Waals surface area contributed by atoms with Crippen molar-refractivity contribution in [2.24, 2.45) is 11.7 Å². The molecule has 3 heteroatoms. The number of benzene rings is 1. The fraction of sp³-hybridized carbons (Fsp3) is 0.600. The van der Waals surface area contributed by atoms with Crippen molar-refractivity contribution >= 4 is 0 Å². The molecule has 3 rings (SSSR count). The first-order chi connectivity index (χ1) is 8.67. The zero-order valence-electron chi connectivity index (χ0n) is 10.9. The third-order valence-electron chi connectivity index (χ3n) is 4.28. The first-order valence-corrected chi connectivity index (χ1v) is 6.86. The van der Waals surface area contributed by atoms with Crippen LogP contribution in [0, 0.1) is 5.92 Å². The Morgan fingerprint density at radius 3 is 2.50 bits per heavy atom. The zero-order valence-corrected chi connectivity index (χ0v) is 10.9. The number of hydrogen-bond acceptors (Lipinski definition) is 3. The van der Waals surface area contributed by atoms with Crippen LogP contribution in [0.3, 0.4) is 0 Å². The van der Waals surface area contributed by atoms with Crippen molar-refractivity contribution in [1.29, 1.82) is 0 Å². The first-order valence-electron chi connectivity index (χ1n) is 6.86. The average molecular weight is 247 g/mol. The minimum absolute atomic E-state index is 0.178. The number of fused-ring (bicyclic) bond motifs is 1. The summed E-state index contributed by atoms with van der Waals surface area (Å²) < 4.78 is 11.2. The SMILES string of the molecule is CC1CCC(N)(c2ccc3c(c2)OCCO3)CC1. The minimum Gasteiger partial charge on any atom is -0.486 e. The van der Waals surface area contributed by atoms with E-state index >= 15 is 0 Å². The molecular weight excluding hydrogens is 226 g/mol. The van der Waals surface area contributed by atoms with Crippen LogP contribution in [0.5, 0.6) is 11.5 Å². The van der Waals surface area contributed by atoms with E-state index in [4.69, 9.17) is 15.2 Å². The Kier molecular flexibility index (Phi) is 2.94. The lowest BCUT2D eigenvalue weighted by Crippen LogP contribution is -2.40. The Balaban J connectivity index is 1.87. The second-order valence-electron chi connectivity index (χ2n) is 5.70. The lowest BCUT2D eigenvalue weighted by atomic mass is 9.74. The van der Waals surface area contributed by atoms with E-state index in [9.17, 15) is 0 Å². The van der Waals surface area contributed by atoms with E-state index in [2.05, 4.69) is 19.1 Å². The van der Waals surface area contributed by atoms with Crippen LogP contribution in [0.2, 0.25) is 0 Å². The molecule has 1 heterocycles. The van der Waals surface area contributed by atoms with Gasteiger partial charge in [-0.2, -0.15) is 0 Å². The summed E-state index contributed by atoms with van der Waals surface area (Å²) in [5.74, 6) is 2.50. The normalized spacial score (nSPS) is 31.1. The quantitative estimate of drug-likeness (QED) is 0.830. The highest BCUT2D eigenvalue weighted by Crippen LogP contribution is 2.40.